The lowest BCUT2D eigenvalue weighted by molar-refractivity contribution is 0.0527. The second-order valence-corrected chi connectivity index (χ2v) is 8.04. The fraction of sp³-hybridized carbons (Fsp3) is 0.500. The number of carbonyl (C=O) groups excluding carboxylic acids is 1. The summed E-state index contributed by atoms with van der Waals surface area (Å²) in [5.41, 5.74) is 5.22. The number of halogens is 1. The number of benzene rings is 1. The van der Waals surface area contributed by atoms with Gasteiger partial charge in [-0.2, -0.15) is 0 Å². The van der Waals surface area contributed by atoms with Crippen molar-refractivity contribution in [3.63, 3.8) is 0 Å². The Kier molecular flexibility index (Phi) is 6.67. The van der Waals surface area contributed by atoms with Gasteiger partial charge in [0.2, 0.25) is 10.0 Å². The molecule has 1 rings (SSSR count). The summed E-state index contributed by atoms with van der Waals surface area (Å²) in [6.07, 6.45) is -0.118. The minimum atomic E-state index is -3.66. The molecule has 0 saturated heterocycles. The van der Waals surface area contributed by atoms with Gasteiger partial charge in [0.15, 0.2) is 0 Å². The van der Waals surface area contributed by atoms with Crippen molar-refractivity contribution in [1.82, 2.24) is 10.0 Å². The normalized spacial score (nSPS) is 12.0. The predicted octanol–water partition coefficient (Wildman–Crippen LogP) is 2.12. The zero-order valence-corrected chi connectivity index (χ0v) is 14.9. The Balaban J connectivity index is 2.40. The van der Waals surface area contributed by atoms with Crippen LogP contribution in [0.3, 0.4) is 0 Å². The number of nitrogens with two attached hydrogens (primary N) is 1. The molecule has 1 amide bonds. The fourth-order valence-electron chi connectivity index (χ4n) is 1.57. The first-order chi connectivity index (χ1) is 10.5. The van der Waals surface area contributed by atoms with E-state index in [1.165, 1.54) is 18.2 Å². The standard InChI is InChI=1S/C14H22ClN3O4S/c1-14(2,3)22-13(19)17-7-4-8-18-23(20,21)10-5-6-11(15)12(16)9-10/h5-6,9,18H,4,7-8,16H2,1-3H3,(H,17,19). The lowest BCUT2D eigenvalue weighted by atomic mass is 10.2. The summed E-state index contributed by atoms with van der Waals surface area (Å²) in [4.78, 5) is 11.5. The molecular formula is C14H22ClN3O4S. The van der Waals surface area contributed by atoms with E-state index in [0.717, 1.165) is 0 Å². The zero-order valence-electron chi connectivity index (χ0n) is 13.3. The molecular weight excluding hydrogens is 342 g/mol. The maximum atomic E-state index is 12.1. The Morgan fingerprint density at radius 1 is 1.30 bits per heavy atom. The molecule has 0 bridgehead atoms. The third-order valence-electron chi connectivity index (χ3n) is 2.59. The van der Waals surface area contributed by atoms with Crippen LogP contribution in [0.25, 0.3) is 0 Å². The topological polar surface area (TPSA) is 111 Å². The van der Waals surface area contributed by atoms with E-state index in [9.17, 15) is 13.2 Å². The number of hydrogen-bond acceptors (Lipinski definition) is 5. The predicted molar refractivity (Wildman–Crippen MR) is 89.9 cm³/mol. The van der Waals surface area contributed by atoms with E-state index in [-0.39, 0.29) is 17.1 Å². The first-order valence-electron chi connectivity index (χ1n) is 7.03. The molecule has 9 heteroatoms. The molecule has 0 heterocycles. The van der Waals surface area contributed by atoms with Crippen LogP contribution in [-0.4, -0.2) is 33.2 Å². The van der Waals surface area contributed by atoms with Crippen LogP contribution in [0.2, 0.25) is 5.02 Å². The first kappa shape index (κ1) is 19.5. The summed E-state index contributed by atoms with van der Waals surface area (Å²) in [7, 11) is -3.66. The molecule has 130 valence electrons. The highest BCUT2D eigenvalue weighted by atomic mass is 35.5. The van der Waals surface area contributed by atoms with Gasteiger partial charge in [-0.1, -0.05) is 11.6 Å². The smallest absolute Gasteiger partial charge is 0.407 e. The Bertz CT molecular complexity index is 656. The van der Waals surface area contributed by atoms with Gasteiger partial charge in [-0.05, 0) is 45.4 Å². The fourth-order valence-corrected chi connectivity index (χ4v) is 2.80. The number of hydrogen-bond donors (Lipinski definition) is 3. The van der Waals surface area contributed by atoms with Crippen molar-refractivity contribution >= 4 is 33.4 Å². The minimum absolute atomic E-state index is 0.0412. The van der Waals surface area contributed by atoms with E-state index < -0.39 is 21.7 Å². The molecule has 1 aromatic carbocycles. The van der Waals surface area contributed by atoms with Crippen LogP contribution in [0.4, 0.5) is 10.5 Å². The lowest BCUT2D eigenvalue weighted by Gasteiger charge is -2.19. The van der Waals surface area contributed by atoms with Crippen molar-refractivity contribution in [2.24, 2.45) is 0 Å². The van der Waals surface area contributed by atoms with Gasteiger partial charge in [-0.15, -0.1) is 0 Å². The average Bonchev–Trinajstić information content (AvgIpc) is 2.39. The van der Waals surface area contributed by atoms with Crippen molar-refractivity contribution < 1.29 is 17.9 Å². The highest BCUT2D eigenvalue weighted by Gasteiger charge is 2.16. The van der Waals surface area contributed by atoms with Gasteiger partial charge in [0.1, 0.15) is 5.60 Å². The van der Waals surface area contributed by atoms with Gasteiger partial charge in [0, 0.05) is 13.1 Å². The molecule has 0 unspecified atom stereocenters. The van der Waals surface area contributed by atoms with E-state index in [0.29, 0.717) is 18.0 Å². The van der Waals surface area contributed by atoms with E-state index in [2.05, 4.69) is 10.0 Å². The van der Waals surface area contributed by atoms with Crippen LogP contribution in [0.1, 0.15) is 27.2 Å². The van der Waals surface area contributed by atoms with Crippen molar-refractivity contribution in [3.8, 4) is 0 Å². The molecule has 7 nitrogen and oxygen atoms in total. The average molecular weight is 364 g/mol. The largest absolute Gasteiger partial charge is 0.444 e. The molecule has 23 heavy (non-hydrogen) atoms. The van der Waals surface area contributed by atoms with E-state index >= 15 is 0 Å². The van der Waals surface area contributed by atoms with Gasteiger partial charge >= 0.3 is 6.09 Å². The van der Waals surface area contributed by atoms with Crippen LogP contribution in [0, 0.1) is 0 Å². The Morgan fingerprint density at radius 3 is 2.52 bits per heavy atom. The van der Waals surface area contributed by atoms with Crippen LogP contribution in [0.5, 0.6) is 0 Å². The molecule has 0 fully saturated rings. The third kappa shape index (κ3) is 7.06. The minimum Gasteiger partial charge on any atom is -0.444 e. The van der Waals surface area contributed by atoms with Crippen molar-refractivity contribution in [3.05, 3.63) is 23.2 Å². The number of anilines is 1. The summed E-state index contributed by atoms with van der Waals surface area (Å²) in [5.74, 6) is 0. The van der Waals surface area contributed by atoms with E-state index in [1.807, 2.05) is 0 Å². The molecule has 0 saturated carbocycles. The van der Waals surface area contributed by atoms with Crippen molar-refractivity contribution in [1.29, 1.82) is 0 Å². The summed E-state index contributed by atoms with van der Waals surface area (Å²) in [6, 6.07) is 4.10. The van der Waals surface area contributed by atoms with Gasteiger partial charge in [-0.25, -0.2) is 17.9 Å². The first-order valence-corrected chi connectivity index (χ1v) is 8.89. The summed E-state index contributed by atoms with van der Waals surface area (Å²) in [5, 5.41) is 2.85. The molecule has 4 N–H and O–H groups in total. The second kappa shape index (κ2) is 7.85. The van der Waals surface area contributed by atoms with Gasteiger partial charge in [0.25, 0.3) is 0 Å². The number of rotatable bonds is 6. The molecule has 0 aliphatic rings. The van der Waals surface area contributed by atoms with E-state index in [1.54, 1.807) is 20.8 Å². The number of ether oxygens (including phenoxy) is 1. The molecule has 0 atom stereocenters. The number of carbonyl (C=O) groups is 1. The van der Waals surface area contributed by atoms with Crippen LogP contribution in [0.15, 0.2) is 23.1 Å². The van der Waals surface area contributed by atoms with Crippen molar-refractivity contribution in [2.45, 2.75) is 37.7 Å². The molecule has 0 aliphatic carbocycles. The number of alkyl carbamates (subject to hydrolysis) is 1. The van der Waals surface area contributed by atoms with Crippen LogP contribution in [-0.2, 0) is 14.8 Å². The number of sulfonamides is 1. The van der Waals surface area contributed by atoms with Gasteiger partial charge < -0.3 is 15.8 Å². The maximum Gasteiger partial charge on any atom is 0.407 e. The highest BCUT2D eigenvalue weighted by molar-refractivity contribution is 7.89. The molecule has 0 radical (unpaired) electrons. The Morgan fingerprint density at radius 2 is 1.96 bits per heavy atom. The number of nitrogens with one attached hydrogen (secondary N) is 2. The summed E-state index contributed by atoms with van der Waals surface area (Å²) < 4.78 is 31.6. The molecule has 1 aromatic rings. The van der Waals surface area contributed by atoms with Crippen LogP contribution < -0.4 is 15.8 Å². The van der Waals surface area contributed by atoms with E-state index in [4.69, 9.17) is 22.1 Å². The Labute approximate surface area is 141 Å². The molecule has 0 aromatic heterocycles. The molecule has 0 aliphatic heterocycles. The Hall–Kier alpha value is -1.51. The number of nitrogen functional groups attached to an aromatic ring is 1. The van der Waals surface area contributed by atoms with Crippen molar-refractivity contribution in [2.75, 3.05) is 18.8 Å². The molecule has 0 spiro atoms. The lowest BCUT2D eigenvalue weighted by Crippen LogP contribution is -2.34. The summed E-state index contributed by atoms with van der Waals surface area (Å²) in [6.45, 7) is 5.75. The highest BCUT2D eigenvalue weighted by Crippen LogP contribution is 2.21. The van der Waals surface area contributed by atoms with Gasteiger partial charge in [0.05, 0.1) is 15.6 Å². The second-order valence-electron chi connectivity index (χ2n) is 5.86. The summed E-state index contributed by atoms with van der Waals surface area (Å²) >= 11 is 5.76. The SMILES string of the molecule is CC(C)(C)OC(=O)NCCCNS(=O)(=O)c1ccc(Cl)c(N)c1. The number of amides is 1. The quantitative estimate of drug-likeness (QED) is 0.529. The maximum absolute atomic E-state index is 12.1. The van der Waals surface area contributed by atoms with Crippen LogP contribution >= 0.6 is 11.6 Å². The monoisotopic (exact) mass is 363 g/mol. The zero-order chi connectivity index (χ0) is 17.7. The van der Waals surface area contributed by atoms with Gasteiger partial charge in [-0.3, -0.25) is 0 Å². The third-order valence-corrected chi connectivity index (χ3v) is 4.39.